The first-order valence-corrected chi connectivity index (χ1v) is 4.01. The summed E-state index contributed by atoms with van der Waals surface area (Å²) in [6.07, 6.45) is 3.84. The fourth-order valence-electron chi connectivity index (χ4n) is 1.52. The molecule has 0 bridgehead atoms. The Bertz CT molecular complexity index is 423. The smallest absolute Gasteiger partial charge is 0.0527 e. The van der Waals surface area contributed by atoms with Crippen molar-refractivity contribution >= 4 is 17.0 Å². The Labute approximate surface area is 71.7 Å². The minimum atomic E-state index is 1.18. The molecule has 1 aromatic carbocycles. The van der Waals surface area contributed by atoms with E-state index in [1.807, 2.05) is 12.3 Å². The van der Waals surface area contributed by atoms with Crippen LogP contribution in [0.4, 0.5) is 0 Å². The maximum absolute atomic E-state index is 3.78. The number of benzene rings is 1. The lowest BCUT2D eigenvalue weighted by Crippen LogP contribution is -1.78. The second-order valence-corrected chi connectivity index (χ2v) is 3.00. The van der Waals surface area contributed by atoms with Crippen molar-refractivity contribution in [3.8, 4) is 0 Å². The van der Waals surface area contributed by atoms with E-state index in [1.54, 1.807) is 0 Å². The van der Waals surface area contributed by atoms with Gasteiger partial charge in [-0.2, -0.15) is 0 Å². The second-order valence-electron chi connectivity index (χ2n) is 3.00. The SMILES string of the molecule is C=Cc1cc(C)cc2cc[nH]c12. The Hall–Kier alpha value is -1.50. The summed E-state index contributed by atoms with van der Waals surface area (Å²) in [6, 6.07) is 6.38. The molecule has 2 aromatic rings. The van der Waals surface area contributed by atoms with Gasteiger partial charge in [0.25, 0.3) is 0 Å². The Morgan fingerprint density at radius 1 is 1.42 bits per heavy atom. The second kappa shape index (κ2) is 2.52. The van der Waals surface area contributed by atoms with E-state index < -0.39 is 0 Å². The normalized spacial score (nSPS) is 10.4. The number of nitrogens with one attached hydrogen (secondary N) is 1. The Morgan fingerprint density at radius 2 is 2.25 bits per heavy atom. The highest BCUT2D eigenvalue weighted by Crippen LogP contribution is 2.19. The van der Waals surface area contributed by atoms with Crippen LogP contribution in [0.2, 0.25) is 0 Å². The van der Waals surface area contributed by atoms with E-state index in [4.69, 9.17) is 0 Å². The summed E-state index contributed by atoms with van der Waals surface area (Å²) in [4.78, 5) is 3.20. The monoisotopic (exact) mass is 157 g/mol. The maximum atomic E-state index is 3.78. The molecule has 0 unspecified atom stereocenters. The van der Waals surface area contributed by atoms with E-state index in [2.05, 4.69) is 36.7 Å². The standard InChI is InChI=1S/C11H11N/c1-3-9-6-8(2)7-10-4-5-12-11(9)10/h3-7,12H,1H2,2H3. The molecule has 0 aliphatic carbocycles. The van der Waals surface area contributed by atoms with Crippen LogP contribution in [0.5, 0.6) is 0 Å². The quantitative estimate of drug-likeness (QED) is 0.654. The molecule has 0 aliphatic heterocycles. The topological polar surface area (TPSA) is 15.8 Å². The number of rotatable bonds is 1. The molecule has 0 aliphatic rings. The lowest BCUT2D eigenvalue weighted by atomic mass is 10.1. The zero-order valence-electron chi connectivity index (χ0n) is 7.09. The summed E-state index contributed by atoms with van der Waals surface area (Å²) >= 11 is 0. The van der Waals surface area contributed by atoms with Crippen molar-refractivity contribution in [3.05, 3.63) is 42.1 Å². The molecule has 0 amide bonds. The first-order chi connectivity index (χ1) is 5.81. The largest absolute Gasteiger partial charge is 0.361 e. The van der Waals surface area contributed by atoms with Gasteiger partial charge in [0, 0.05) is 11.6 Å². The van der Waals surface area contributed by atoms with Crippen molar-refractivity contribution < 1.29 is 0 Å². The van der Waals surface area contributed by atoms with Gasteiger partial charge in [0.1, 0.15) is 0 Å². The van der Waals surface area contributed by atoms with Crippen LogP contribution in [0, 0.1) is 6.92 Å². The molecule has 1 heteroatoms. The van der Waals surface area contributed by atoms with Crippen LogP contribution >= 0.6 is 0 Å². The first-order valence-electron chi connectivity index (χ1n) is 4.01. The predicted octanol–water partition coefficient (Wildman–Crippen LogP) is 3.12. The summed E-state index contributed by atoms with van der Waals surface area (Å²) in [6.45, 7) is 5.88. The molecular formula is C11H11N. The van der Waals surface area contributed by atoms with Crippen molar-refractivity contribution in [2.24, 2.45) is 0 Å². The molecule has 0 spiro atoms. The lowest BCUT2D eigenvalue weighted by molar-refractivity contribution is 1.44. The first kappa shape index (κ1) is 7.17. The number of aryl methyl sites for hydroxylation is 1. The number of aromatic nitrogens is 1. The molecule has 12 heavy (non-hydrogen) atoms. The fraction of sp³-hybridized carbons (Fsp3) is 0.0909. The van der Waals surface area contributed by atoms with Crippen LogP contribution in [-0.2, 0) is 0 Å². The average molecular weight is 157 g/mol. The molecule has 1 nitrogen and oxygen atoms in total. The van der Waals surface area contributed by atoms with Gasteiger partial charge in [0.05, 0.1) is 5.52 Å². The van der Waals surface area contributed by atoms with Crippen LogP contribution in [-0.4, -0.2) is 4.98 Å². The Morgan fingerprint density at radius 3 is 3.00 bits per heavy atom. The predicted molar refractivity (Wildman–Crippen MR) is 53.1 cm³/mol. The molecule has 1 heterocycles. The molecule has 0 saturated heterocycles. The van der Waals surface area contributed by atoms with Gasteiger partial charge in [-0.3, -0.25) is 0 Å². The zero-order valence-corrected chi connectivity index (χ0v) is 7.09. The summed E-state index contributed by atoms with van der Waals surface area (Å²) in [5.74, 6) is 0. The third kappa shape index (κ3) is 0.944. The van der Waals surface area contributed by atoms with Gasteiger partial charge in [0.2, 0.25) is 0 Å². The zero-order chi connectivity index (χ0) is 8.55. The molecule has 1 aromatic heterocycles. The minimum Gasteiger partial charge on any atom is -0.361 e. The Balaban J connectivity index is 2.88. The maximum Gasteiger partial charge on any atom is 0.0527 e. The molecule has 0 fully saturated rings. The van der Waals surface area contributed by atoms with E-state index in [0.29, 0.717) is 0 Å². The highest BCUT2D eigenvalue weighted by Gasteiger charge is 1.98. The van der Waals surface area contributed by atoms with Crippen molar-refractivity contribution in [1.29, 1.82) is 0 Å². The molecule has 1 N–H and O–H groups in total. The van der Waals surface area contributed by atoms with Gasteiger partial charge in [-0.25, -0.2) is 0 Å². The third-order valence-corrected chi connectivity index (χ3v) is 2.05. The van der Waals surface area contributed by atoms with Crippen molar-refractivity contribution in [2.45, 2.75) is 6.92 Å². The van der Waals surface area contributed by atoms with Gasteiger partial charge in [-0.15, -0.1) is 0 Å². The average Bonchev–Trinajstić information content (AvgIpc) is 2.50. The van der Waals surface area contributed by atoms with E-state index in [-0.39, 0.29) is 0 Å². The summed E-state index contributed by atoms with van der Waals surface area (Å²) in [5.41, 5.74) is 3.63. The van der Waals surface area contributed by atoms with Crippen LogP contribution < -0.4 is 0 Å². The molecule has 0 saturated carbocycles. The highest BCUT2D eigenvalue weighted by atomic mass is 14.7. The van der Waals surface area contributed by atoms with Gasteiger partial charge < -0.3 is 4.98 Å². The fourth-order valence-corrected chi connectivity index (χ4v) is 1.52. The van der Waals surface area contributed by atoms with Gasteiger partial charge in [-0.1, -0.05) is 12.7 Å². The molecule has 0 radical (unpaired) electrons. The minimum absolute atomic E-state index is 1.18. The summed E-state index contributed by atoms with van der Waals surface area (Å²) < 4.78 is 0. The van der Waals surface area contributed by atoms with Crippen LogP contribution in [0.15, 0.2) is 31.0 Å². The van der Waals surface area contributed by atoms with Crippen LogP contribution in [0.3, 0.4) is 0 Å². The number of aromatic amines is 1. The number of fused-ring (bicyclic) bond motifs is 1. The number of hydrogen-bond donors (Lipinski definition) is 1. The van der Waals surface area contributed by atoms with E-state index in [0.717, 1.165) is 0 Å². The molecule has 2 rings (SSSR count). The number of hydrogen-bond acceptors (Lipinski definition) is 0. The third-order valence-electron chi connectivity index (χ3n) is 2.05. The van der Waals surface area contributed by atoms with Crippen LogP contribution in [0.1, 0.15) is 11.1 Å². The highest BCUT2D eigenvalue weighted by molar-refractivity contribution is 5.88. The lowest BCUT2D eigenvalue weighted by Gasteiger charge is -1.98. The van der Waals surface area contributed by atoms with E-state index in [9.17, 15) is 0 Å². The van der Waals surface area contributed by atoms with Gasteiger partial charge in [-0.05, 0) is 36.2 Å². The van der Waals surface area contributed by atoms with Gasteiger partial charge in [0.15, 0.2) is 0 Å². The van der Waals surface area contributed by atoms with Crippen molar-refractivity contribution in [1.82, 2.24) is 4.98 Å². The van der Waals surface area contributed by atoms with E-state index in [1.165, 1.54) is 22.0 Å². The summed E-state index contributed by atoms with van der Waals surface area (Å²) in [5, 5.41) is 1.25. The van der Waals surface area contributed by atoms with Crippen molar-refractivity contribution in [2.75, 3.05) is 0 Å². The van der Waals surface area contributed by atoms with Crippen LogP contribution in [0.25, 0.3) is 17.0 Å². The summed E-state index contributed by atoms with van der Waals surface area (Å²) in [7, 11) is 0. The Kier molecular flexibility index (Phi) is 1.51. The number of H-pyrrole nitrogens is 1. The molecule has 0 atom stereocenters. The molecule has 60 valence electrons. The van der Waals surface area contributed by atoms with Gasteiger partial charge >= 0.3 is 0 Å². The van der Waals surface area contributed by atoms with Crippen molar-refractivity contribution in [3.63, 3.8) is 0 Å². The molecular weight excluding hydrogens is 146 g/mol. The van der Waals surface area contributed by atoms with E-state index >= 15 is 0 Å².